The van der Waals surface area contributed by atoms with Crippen molar-refractivity contribution in [3.05, 3.63) is 0 Å². The Morgan fingerprint density at radius 3 is 1.77 bits per heavy atom. The molecule has 0 aromatic carbocycles. The van der Waals surface area contributed by atoms with E-state index in [4.69, 9.17) is 9.16 Å². The van der Waals surface area contributed by atoms with E-state index in [1.807, 2.05) is 7.11 Å². The number of aliphatic hydroxyl groups is 1. The molecule has 0 radical (unpaired) electrons. The predicted molar refractivity (Wildman–Crippen MR) is 134 cm³/mol. The maximum Gasteiger partial charge on any atom is 0.186 e. The summed E-state index contributed by atoms with van der Waals surface area (Å²) in [7, 11) is 0.332. The highest BCUT2D eigenvalue weighted by Gasteiger charge is 2.19. The summed E-state index contributed by atoms with van der Waals surface area (Å²) in [5.74, 6) is 0. The quantitative estimate of drug-likeness (QED) is 0.142. The molecular formula is C25H55NO3Si. The Hall–Kier alpha value is 0.0569. The molecule has 0 aromatic heterocycles. The molecule has 0 spiro atoms. The monoisotopic (exact) mass is 445 g/mol. The van der Waals surface area contributed by atoms with Gasteiger partial charge in [-0.2, -0.15) is 0 Å². The van der Waals surface area contributed by atoms with Gasteiger partial charge in [-0.05, 0) is 51.5 Å². The Morgan fingerprint density at radius 2 is 1.27 bits per heavy atom. The molecule has 0 aliphatic rings. The summed E-state index contributed by atoms with van der Waals surface area (Å²) in [6, 6.07) is 1.11. The van der Waals surface area contributed by atoms with Crippen molar-refractivity contribution in [2.45, 2.75) is 123 Å². The smallest absolute Gasteiger partial charge is 0.186 e. The largest absolute Gasteiger partial charge is 0.420 e. The zero-order chi connectivity index (χ0) is 22.5. The van der Waals surface area contributed by atoms with Crippen LogP contribution in [0.3, 0.4) is 0 Å². The maximum atomic E-state index is 10.5. The number of unbranched alkanes of at least 4 members (excludes halogenated alkanes) is 10. The first-order valence-corrected chi connectivity index (χ1v) is 16.1. The maximum absolute atomic E-state index is 10.5. The molecular weight excluding hydrogens is 390 g/mol. The number of hydrogen-bond donors (Lipinski definition) is 1. The highest BCUT2D eigenvalue weighted by molar-refractivity contribution is 6.71. The van der Waals surface area contributed by atoms with Gasteiger partial charge in [-0.3, -0.25) is 0 Å². The fraction of sp³-hybridized carbons (Fsp3) is 1.00. The standard InChI is InChI=1S/C25H55NO3Si/c1-6-8-10-12-14-16-19-26(20-17-15-13-11-9-7-2)23-25(27)24-29-21-18-22-30(4,5)28-3/h25,27H,6-24H2,1-5H3. The Bertz CT molecular complexity index is 339. The van der Waals surface area contributed by atoms with Gasteiger partial charge in [-0.1, -0.05) is 78.1 Å². The SMILES string of the molecule is CCCCCCCCN(CCCCCCCC)CC(O)COCCC[Si](C)(C)OC. The summed E-state index contributed by atoms with van der Waals surface area (Å²) in [6.45, 7) is 13.2. The second kappa shape index (κ2) is 20.9. The lowest BCUT2D eigenvalue weighted by Crippen LogP contribution is -2.36. The van der Waals surface area contributed by atoms with Crippen LogP contribution in [-0.2, 0) is 9.16 Å². The number of ether oxygens (including phenoxy) is 1. The molecule has 0 rings (SSSR count). The summed E-state index contributed by atoms with van der Waals surface area (Å²) < 4.78 is 11.3. The molecule has 0 aliphatic carbocycles. The second-order valence-electron chi connectivity index (χ2n) is 9.63. The molecule has 4 nitrogen and oxygen atoms in total. The van der Waals surface area contributed by atoms with Gasteiger partial charge >= 0.3 is 0 Å². The molecule has 0 aliphatic heterocycles. The lowest BCUT2D eigenvalue weighted by atomic mass is 10.1. The van der Waals surface area contributed by atoms with E-state index in [0.717, 1.165) is 38.7 Å². The molecule has 0 saturated heterocycles. The Balaban J connectivity index is 4.08. The summed E-state index contributed by atoms with van der Waals surface area (Å²) in [5, 5.41) is 10.5. The molecule has 5 heteroatoms. The molecule has 0 aromatic rings. The first-order valence-electron chi connectivity index (χ1n) is 13.0. The van der Waals surface area contributed by atoms with Gasteiger partial charge in [-0.15, -0.1) is 0 Å². The van der Waals surface area contributed by atoms with Crippen molar-refractivity contribution in [2.75, 3.05) is 40.0 Å². The molecule has 0 fully saturated rings. The van der Waals surface area contributed by atoms with E-state index >= 15 is 0 Å². The van der Waals surface area contributed by atoms with Crippen LogP contribution in [0.15, 0.2) is 0 Å². The molecule has 0 bridgehead atoms. The summed E-state index contributed by atoms with van der Waals surface area (Å²) >= 11 is 0. The first-order chi connectivity index (χ1) is 14.4. The van der Waals surface area contributed by atoms with Crippen molar-refractivity contribution in [3.63, 3.8) is 0 Å². The minimum absolute atomic E-state index is 0.377. The van der Waals surface area contributed by atoms with E-state index in [9.17, 15) is 5.11 Å². The zero-order valence-corrected chi connectivity index (χ0v) is 22.2. The van der Waals surface area contributed by atoms with Crippen LogP contribution in [0.1, 0.15) is 97.3 Å². The average molecular weight is 446 g/mol. The van der Waals surface area contributed by atoms with Crippen LogP contribution in [0.4, 0.5) is 0 Å². The van der Waals surface area contributed by atoms with Crippen molar-refractivity contribution in [1.82, 2.24) is 4.90 Å². The van der Waals surface area contributed by atoms with Crippen LogP contribution < -0.4 is 0 Å². The van der Waals surface area contributed by atoms with Gasteiger partial charge in [0.05, 0.1) is 12.7 Å². The van der Waals surface area contributed by atoms with E-state index in [1.54, 1.807) is 0 Å². The minimum Gasteiger partial charge on any atom is -0.420 e. The van der Waals surface area contributed by atoms with Crippen molar-refractivity contribution in [2.24, 2.45) is 0 Å². The molecule has 1 unspecified atom stereocenters. The average Bonchev–Trinajstić information content (AvgIpc) is 2.72. The third-order valence-corrected chi connectivity index (χ3v) is 8.72. The van der Waals surface area contributed by atoms with Crippen molar-refractivity contribution >= 4 is 8.32 Å². The van der Waals surface area contributed by atoms with Gasteiger partial charge in [0.2, 0.25) is 0 Å². The number of hydrogen-bond acceptors (Lipinski definition) is 4. The van der Waals surface area contributed by atoms with E-state index in [0.29, 0.717) is 6.61 Å². The number of nitrogens with zero attached hydrogens (tertiary/aromatic N) is 1. The molecule has 0 saturated carbocycles. The molecule has 30 heavy (non-hydrogen) atoms. The highest BCUT2D eigenvalue weighted by atomic mass is 28.4. The Morgan fingerprint density at radius 1 is 0.767 bits per heavy atom. The fourth-order valence-corrected chi connectivity index (χ4v) is 5.00. The number of rotatable bonds is 23. The van der Waals surface area contributed by atoms with Gasteiger partial charge in [0, 0.05) is 20.3 Å². The van der Waals surface area contributed by atoms with E-state index < -0.39 is 8.32 Å². The van der Waals surface area contributed by atoms with Crippen molar-refractivity contribution < 1.29 is 14.3 Å². The van der Waals surface area contributed by atoms with E-state index in [1.165, 1.54) is 77.0 Å². The Labute approximate surface area is 190 Å². The lowest BCUT2D eigenvalue weighted by Gasteiger charge is -2.25. The third kappa shape index (κ3) is 20.0. The highest BCUT2D eigenvalue weighted by Crippen LogP contribution is 2.13. The normalized spacial score (nSPS) is 13.3. The Kier molecular flexibility index (Phi) is 21.0. The van der Waals surface area contributed by atoms with E-state index in [2.05, 4.69) is 31.8 Å². The van der Waals surface area contributed by atoms with Gasteiger partial charge in [0.15, 0.2) is 8.32 Å². The predicted octanol–water partition coefficient (Wildman–Crippen LogP) is 6.63. The van der Waals surface area contributed by atoms with E-state index in [-0.39, 0.29) is 6.10 Å². The van der Waals surface area contributed by atoms with Crippen LogP contribution in [-0.4, -0.2) is 64.4 Å². The first kappa shape index (κ1) is 30.1. The van der Waals surface area contributed by atoms with Gasteiger partial charge in [0.1, 0.15) is 0 Å². The van der Waals surface area contributed by atoms with Crippen molar-refractivity contribution in [1.29, 1.82) is 0 Å². The van der Waals surface area contributed by atoms with Crippen LogP contribution in [0, 0.1) is 0 Å². The van der Waals surface area contributed by atoms with Gasteiger partial charge in [-0.25, -0.2) is 0 Å². The van der Waals surface area contributed by atoms with Crippen LogP contribution in [0.2, 0.25) is 19.1 Å². The summed E-state index contributed by atoms with van der Waals surface area (Å²) in [5.41, 5.74) is 0. The molecule has 1 N–H and O–H groups in total. The van der Waals surface area contributed by atoms with Gasteiger partial charge < -0.3 is 19.2 Å². The minimum atomic E-state index is -1.49. The molecule has 0 amide bonds. The van der Waals surface area contributed by atoms with Crippen LogP contribution >= 0.6 is 0 Å². The van der Waals surface area contributed by atoms with Crippen LogP contribution in [0.5, 0.6) is 0 Å². The lowest BCUT2D eigenvalue weighted by molar-refractivity contribution is 0.0161. The second-order valence-corrected chi connectivity index (χ2v) is 14.1. The molecule has 1 atom stereocenters. The fourth-order valence-electron chi connectivity index (χ4n) is 3.80. The van der Waals surface area contributed by atoms with Gasteiger partial charge in [0.25, 0.3) is 0 Å². The zero-order valence-electron chi connectivity index (χ0n) is 21.2. The topological polar surface area (TPSA) is 41.9 Å². The summed E-state index contributed by atoms with van der Waals surface area (Å²) in [4.78, 5) is 2.48. The summed E-state index contributed by atoms with van der Waals surface area (Å²) in [6.07, 6.45) is 16.6. The van der Waals surface area contributed by atoms with Crippen LogP contribution in [0.25, 0.3) is 0 Å². The third-order valence-electron chi connectivity index (χ3n) is 6.06. The molecule has 182 valence electrons. The molecule has 0 heterocycles. The van der Waals surface area contributed by atoms with Crippen molar-refractivity contribution in [3.8, 4) is 0 Å². The number of aliphatic hydroxyl groups excluding tert-OH is 1.